The number of benzene rings is 3. The molecule has 2 aliphatic heterocycles. The highest BCUT2D eigenvalue weighted by atomic mass is 16.5. The van der Waals surface area contributed by atoms with Crippen LogP contribution in [0.1, 0.15) is 38.9 Å². The van der Waals surface area contributed by atoms with Gasteiger partial charge < -0.3 is 40.2 Å². The van der Waals surface area contributed by atoms with Gasteiger partial charge >= 0.3 is 11.7 Å². The molecule has 3 aromatic rings. The smallest absolute Gasteiger partial charge is 0.336 e. The fraction of sp³-hybridized carbons (Fsp3) is 0.222. The Morgan fingerprint density at radius 1 is 1.00 bits per heavy atom. The number of hydrogen-bond acceptors (Lipinski definition) is 11. The molecule has 1 aliphatic carbocycles. The highest BCUT2D eigenvalue weighted by Crippen LogP contribution is 2.42. The van der Waals surface area contributed by atoms with Crippen LogP contribution in [-0.4, -0.2) is 80.9 Å². The Balaban J connectivity index is 1.18. The molecule has 1 saturated heterocycles. The Morgan fingerprint density at radius 2 is 1.81 bits per heavy atom. The van der Waals surface area contributed by atoms with E-state index in [1.54, 1.807) is 0 Å². The van der Waals surface area contributed by atoms with Crippen LogP contribution < -0.4 is 27.3 Å². The number of H-pyrrole nitrogens is 1. The maximum Gasteiger partial charge on any atom is 0.336 e. The number of aromatic amines is 1. The highest BCUT2D eigenvalue weighted by Gasteiger charge is 2.36. The normalized spacial score (nSPS) is 17.0. The first-order valence-electron chi connectivity index (χ1n) is 16.5. The zero-order valence-electron chi connectivity index (χ0n) is 27.9. The number of carboxylic acid groups (broad SMARTS) is 1. The number of aromatic carboxylic acids is 1. The second-order valence-electron chi connectivity index (χ2n) is 12.4. The first-order valence-corrected chi connectivity index (χ1v) is 16.5. The molecule has 16 nitrogen and oxygen atoms in total. The third-order valence-corrected chi connectivity index (χ3v) is 8.96. The van der Waals surface area contributed by atoms with Crippen LogP contribution >= 0.6 is 0 Å². The van der Waals surface area contributed by atoms with Gasteiger partial charge in [-0.25, -0.2) is 9.59 Å². The minimum Gasteiger partial charge on any atom is -0.508 e. The van der Waals surface area contributed by atoms with E-state index in [1.807, 2.05) is 0 Å². The fourth-order valence-corrected chi connectivity index (χ4v) is 6.41. The van der Waals surface area contributed by atoms with Crippen LogP contribution in [0.25, 0.3) is 39.5 Å². The van der Waals surface area contributed by atoms with E-state index in [4.69, 9.17) is 9.15 Å². The van der Waals surface area contributed by atoms with Gasteiger partial charge in [0.15, 0.2) is 12.7 Å². The number of aromatic nitrogens is 2. The van der Waals surface area contributed by atoms with Crippen molar-refractivity contribution in [1.82, 2.24) is 20.2 Å². The summed E-state index contributed by atoms with van der Waals surface area (Å²) in [6.07, 6.45) is 3.06. The molecule has 0 bridgehead atoms. The molecule has 2 aromatic carbocycles. The van der Waals surface area contributed by atoms with Gasteiger partial charge in [0.25, 0.3) is 11.5 Å². The highest BCUT2D eigenvalue weighted by molar-refractivity contribution is 6.35. The van der Waals surface area contributed by atoms with Gasteiger partial charge in [0.1, 0.15) is 23.3 Å². The van der Waals surface area contributed by atoms with Gasteiger partial charge in [-0.3, -0.25) is 28.7 Å². The van der Waals surface area contributed by atoms with E-state index >= 15 is 0 Å². The molecule has 1 aromatic heterocycles. The molecule has 2 amide bonds. The quantitative estimate of drug-likeness (QED) is 0.0413. The summed E-state index contributed by atoms with van der Waals surface area (Å²) >= 11 is 0. The summed E-state index contributed by atoms with van der Waals surface area (Å²) < 4.78 is 12.8. The number of hydrogen-bond donors (Lipinski definition) is 7. The van der Waals surface area contributed by atoms with E-state index in [0.29, 0.717) is 36.5 Å². The van der Waals surface area contributed by atoms with Crippen molar-refractivity contribution in [2.75, 3.05) is 19.8 Å². The first kappa shape index (κ1) is 36.5. The summed E-state index contributed by atoms with van der Waals surface area (Å²) in [4.78, 5) is 77.5. The Kier molecular flexibility index (Phi) is 10.7. The Bertz CT molecular complexity index is 2400. The van der Waals surface area contributed by atoms with Crippen molar-refractivity contribution in [1.29, 1.82) is 0 Å². The molecule has 0 saturated carbocycles. The molecule has 53 heavy (non-hydrogen) atoms. The molecule has 6 rings (SSSR count). The summed E-state index contributed by atoms with van der Waals surface area (Å²) in [5.41, 5.74) is -0.937. The SMILES string of the molecule is O=C(/C=C/c1cn(C2CC(CBCO)C(CO)O2)c(=O)[nH]c1=O)NCNC(=O)c1ccc(C(=O)O)c(-c2c3ccc(=O)cc-3oc3cc(O)ccc23)c1. The van der Waals surface area contributed by atoms with E-state index in [0.717, 1.165) is 6.08 Å². The van der Waals surface area contributed by atoms with E-state index in [2.05, 4.69) is 15.6 Å². The summed E-state index contributed by atoms with van der Waals surface area (Å²) in [6.45, 7) is -0.667. The van der Waals surface area contributed by atoms with Crippen LogP contribution in [-0.2, 0) is 9.53 Å². The molecule has 272 valence electrons. The number of ether oxygens (including phenoxy) is 1. The van der Waals surface area contributed by atoms with Crippen molar-refractivity contribution in [3.63, 3.8) is 0 Å². The maximum absolute atomic E-state index is 13.2. The average molecular weight is 724 g/mol. The first-order chi connectivity index (χ1) is 25.5. The standard InChI is InChI=1S/C36H33BN4O12/c42-15-29-20(13-37-16-43)10-31(53-29)41-14-19(34(48)40-36(41)51)2-8-30(46)38-17-39-33(47)18-1-5-23(35(49)50)26(9-18)32-24-6-3-21(44)11-27(24)52-28-12-22(45)4-7-25(28)32/h1-9,11-12,14,20,29,31,37,42-44H,10,13,15-17H2,(H,38,46)(H,39,47)(H,49,50)(H,40,48,51)/b8-2+. The Morgan fingerprint density at radius 3 is 2.57 bits per heavy atom. The lowest BCUT2D eigenvalue weighted by Gasteiger charge is -2.17. The van der Waals surface area contributed by atoms with Crippen molar-refractivity contribution in [3.8, 4) is 28.2 Å². The number of aliphatic hydroxyl groups is 2. The Labute approximate surface area is 299 Å². The molecule has 3 aliphatic rings. The zero-order chi connectivity index (χ0) is 37.8. The molecule has 17 heteroatoms. The second-order valence-corrected chi connectivity index (χ2v) is 12.4. The van der Waals surface area contributed by atoms with Gasteiger partial charge in [-0.1, -0.05) is 6.32 Å². The van der Waals surface area contributed by atoms with E-state index < -0.39 is 41.4 Å². The van der Waals surface area contributed by atoms with E-state index in [-0.39, 0.29) is 70.5 Å². The van der Waals surface area contributed by atoms with Crippen LogP contribution in [0, 0.1) is 5.92 Å². The summed E-state index contributed by atoms with van der Waals surface area (Å²) in [5.74, 6) is -2.75. The molecule has 3 atom stereocenters. The number of aromatic hydroxyl groups is 1. The van der Waals surface area contributed by atoms with Crippen molar-refractivity contribution < 1.29 is 44.0 Å². The fourth-order valence-electron chi connectivity index (χ4n) is 6.41. The number of rotatable bonds is 12. The van der Waals surface area contributed by atoms with Crippen LogP contribution in [0.5, 0.6) is 5.75 Å². The maximum atomic E-state index is 13.2. The monoisotopic (exact) mass is 724 g/mol. The third-order valence-electron chi connectivity index (χ3n) is 8.96. The number of carbonyl (C=O) groups excluding carboxylic acids is 2. The van der Waals surface area contributed by atoms with Crippen LogP contribution in [0.4, 0.5) is 0 Å². The summed E-state index contributed by atoms with van der Waals surface area (Å²) in [7, 11) is 0.497. The molecule has 3 unspecified atom stereocenters. The molecular formula is C36H33BN4O12. The largest absolute Gasteiger partial charge is 0.508 e. The lowest BCUT2D eigenvalue weighted by atomic mass is 9.69. The molecule has 0 spiro atoms. The number of phenolic OH excluding ortho intramolecular Hbond substituents is 1. The van der Waals surface area contributed by atoms with Crippen LogP contribution in [0.3, 0.4) is 0 Å². The number of aliphatic hydroxyl groups excluding tert-OH is 2. The van der Waals surface area contributed by atoms with Gasteiger partial charge in [0.2, 0.25) is 5.91 Å². The molecular weight excluding hydrogens is 691 g/mol. The number of carbonyl (C=O) groups is 3. The predicted molar refractivity (Wildman–Crippen MR) is 192 cm³/mol. The number of phenols is 1. The zero-order valence-corrected chi connectivity index (χ0v) is 27.9. The van der Waals surface area contributed by atoms with Crippen LogP contribution in [0.15, 0.2) is 85.7 Å². The van der Waals surface area contributed by atoms with Crippen molar-refractivity contribution in [2.45, 2.75) is 25.1 Å². The van der Waals surface area contributed by atoms with E-state index in [1.165, 1.54) is 71.4 Å². The van der Waals surface area contributed by atoms with Gasteiger partial charge in [-0.15, -0.1) is 0 Å². The van der Waals surface area contributed by atoms with Crippen molar-refractivity contribution >= 4 is 42.1 Å². The van der Waals surface area contributed by atoms with Gasteiger partial charge in [-0.05, 0) is 66.4 Å². The van der Waals surface area contributed by atoms with E-state index in [9.17, 15) is 49.2 Å². The molecule has 0 radical (unpaired) electrons. The number of carboxylic acids is 1. The summed E-state index contributed by atoms with van der Waals surface area (Å²) in [6, 6.07) is 12.2. The molecule has 7 N–H and O–H groups in total. The number of nitrogens with one attached hydrogen (secondary N) is 3. The second kappa shape index (κ2) is 15.5. The predicted octanol–water partition coefficient (Wildman–Crippen LogP) is 1.04. The Hall–Kier alpha value is -6.30. The number of nitrogens with zero attached hydrogens (tertiary/aromatic N) is 1. The van der Waals surface area contributed by atoms with Gasteiger partial charge in [0, 0.05) is 53.0 Å². The van der Waals surface area contributed by atoms with Gasteiger partial charge in [0.05, 0.1) is 30.5 Å². The average Bonchev–Trinajstić information content (AvgIpc) is 3.54. The third kappa shape index (κ3) is 7.81. The van der Waals surface area contributed by atoms with Gasteiger partial charge in [-0.2, -0.15) is 0 Å². The number of amides is 2. The molecule has 3 heterocycles. The minimum atomic E-state index is -1.28. The minimum absolute atomic E-state index is 0.0286. The van der Waals surface area contributed by atoms with Crippen molar-refractivity contribution in [2.24, 2.45) is 5.92 Å². The lowest BCUT2D eigenvalue weighted by molar-refractivity contribution is -0.116. The number of fused-ring (bicyclic) bond motifs is 2. The van der Waals surface area contributed by atoms with Crippen molar-refractivity contribution in [3.05, 3.63) is 115 Å². The van der Waals surface area contributed by atoms with Crippen LogP contribution in [0.2, 0.25) is 6.32 Å². The summed E-state index contributed by atoms with van der Waals surface area (Å²) in [5, 5.41) is 44.4. The topological polar surface area (TPSA) is 250 Å². The lowest BCUT2D eigenvalue weighted by Crippen LogP contribution is -2.36. The molecule has 1 fully saturated rings.